The van der Waals surface area contributed by atoms with Gasteiger partial charge in [0.1, 0.15) is 0 Å². The molecule has 0 aliphatic carbocycles. The van der Waals surface area contributed by atoms with E-state index in [2.05, 4.69) is 5.32 Å². The van der Waals surface area contributed by atoms with Gasteiger partial charge in [-0.1, -0.05) is 30.3 Å². The molecule has 20 heavy (non-hydrogen) atoms. The number of hydrogen-bond acceptors (Lipinski definition) is 4. The molecule has 2 aromatic carbocycles. The summed E-state index contributed by atoms with van der Waals surface area (Å²) in [6.45, 7) is 0. The van der Waals surface area contributed by atoms with Crippen LogP contribution in [-0.2, 0) is 0 Å². The molecular formula is C14H12N2O4. The topological polar surface area (TPSA) is 92.5 Å². The van der Waals surface area contributed by atoms with E-state index >= 15 is 0 Å². The second-order valence-electron chi connectivity index (χ2n) is 4.09. The van der Waals surface area contributed by atoms with Gasteiger partial charge in [-0.05, 0) is 11.6 Å². The summed E-state index contributed by atoms with van der Waals surface area (Å²) >= 11 is 0. The average Bonchev–Trinajstić information content (AvgIpc) is 2.46. The summed E-state index contributed by atoms with van der Waals surface area (Å²) in [6, 6.07) is 11.4. The van der Waals surface area contributed by atoms with Crippen LogP contribution >= 0.6 is 0 Å². The quantitative estimate of drug-likeness (QED) is 0.659. The van der Waals surface area contributed by atoms with Crippen molar-refractivity contribution in [3.63, 3.8) is 0 Å². The number of nitrogens with zero attached hydrogens (tertiary/aromatic N) is 1. The van der Waals surface area contributed by atoms with Gasteiger partial charge in [-0.2, -0.15) is 0 Å². The first-order valence-electron chi connectivity index (χ1n) is 5.83. The molecule has 0 saturated carbocycles. The van der Waals surface area contributed by atoms with Crippen molar-refractivity contribution in [2.24, 2.45) is 0 Å². The van der Waals surface area contributed by atoms with E-state index in [4.69, 9.17) is 5.11 Å². The Bertz CT molecular complexity index is 668. The molecule has 0 aliphatic heterocycles. The Morgan fingerprint density at radius 3 is 2.40 bits per heavy atom. The largest absolute Gasteiger partial charge is 0.478 e. The Morgan fingerprint density at radius 2 is 1.90 bits per heavy atom. The Labute approximate surface area is 114 Å². The fourth-order valence-corrected chi connectivity index (χ4v) is 1.97. The van der Waals surface area contributed by atoms with Crippen LogP contribution in [0.25, 0.3) is 11.1 Å². The number of nitrogens with one attached hydrogen (secondary N) is 1. The summed E-state index contributed by atoms with van der Waals surface area (Å²) in [7, 11) is 1.57. The molecule has 2 rings (SSSR count). The maximum absolute atomic E-state index is 11.2. The molecule has 0 heterocycles. The first-order valence-corrected chi connectivity index (χ1v) is 5.83. The van der Waals surface area contributed by atoms with E-state index in [0.717, 1.165) is 6.07 Å². The normalized spacial score (nSPS) is 10.1. The maximum Gasteiger partial charge on any atom is 0.338 e. The standard InChI is InChI=1S/C14H12N2O4/c1-15-12-7-10(9-5-3-2-4-6-9)13(16(19)20)8-11(12)14(17)18/h2-8,15H,1H3,(H,17,18). The number of anilines is 1. The monoisotopic (exact) mass is 272 g/mol. The predicted octanol–water partition coefficient (Wildman–Crippen LogP) is 3.00. The maximum atomic E-state index is 11.2. The van der Waals surface area contributed by atoms with Crippen LogP contribution in [0.5, 0.6) is 0 Å². The van der Waals surface area contributed by atoms with Gasteiger partial charge in [0.25, 0.3) is 5.69 Å². The summed E-state index contributed by atoms with van der Waals surface area (Å²) in [5.41, 5.74) is 1.02. The van der Waals surface area contributed by atoms with Crippen LogP contribution in [0.15, 0.2) is 42.5 Å². The minimum atomic E-state index is -1.21. The lowest BCUT2D eigenvalue weighted by Crippen LogP contribution is -2.05. The second kappa shape index (κ2) is 5.40. The lowest BCUT2D eigenvalue weighted by molar-refractivity contribution is -0.384. The molecular weight excluding hydrogens is 260 g/mol. The molecule has 0 spiro atoms. The van der Waals surface area contributed by atoms with Crippen molar-refractivity contribution in [3.8, 4) is 11.1 Å². The van der Waals surface area contributed by atoms with Crippen molar-refractivity contribution < 1.29 is 14.8 Å². The van der Waals surface area contributed by atoms with Crippen molar-refractivity contribution in [2.75, 3.05) is 12.4 Å². The number of carboxylic acid groups (broad SMARTS) is 1. The van der Waals surface area contributed by atoms with Gasteiger partial charge in [0, 0.05) is 18.8 Å². The molecule has 0 fully saturated rings. The number of nitro benzene ring substituents is 1. The number of hydrogen-bond donors (Lipinski definition) is 2. The summed E-state index contributed by atoms with van der Waals surface area (Å²) < 4.78 is 0. The summed E-state index contributed by atoms with van der Waals surface area (Å²) in [6.07, 6.45) is 0. The first kappa shape index (κ1) is 13.5. The summed E-state index contributed by atoms with van der Waals surface area (Å²) in [5, 5.41) is 23.0. The zero-order valence-corrected chi connectivity index (χ0v) is 10.7. The smallest absolute Gasteiger partial charge is 0.338 e. The zero-order valence-electron chi connectivity index (χ0n) is 10.7. The summed E-state index contributed by atoms with van der Waals surface area (Å²) in [4.78, 5) is 21.7. The van der Waals surface area contributed by atoms with Crippen LogP contribution in [0.2, 0.25) is 0 Å². The number of carbonyl (C=O) groups is 1. The Hall–Kier alpha value is -2.89. The minimum Gasteiger partial charge on any atom is -0.478 e. The molecule has 6 nitrogen and oxygen atoms in total. The van der Waals surface area contributed by atoms with Gasteiger partial charge >= 0.3 is 5.97 Å². The van der Waals surface area contributed by atoms with Crippen LogP contribution in [0, 0.1) is 10.1 Å². The molecule has 0 radical (unpaired) electrons. The van der Waals surface area contributed by atoms with E-state index in [1.54, 1.807) is 37.4 Å². The molecule has 0 bridgehead atoms. The third-order valence-corrected chi connectivity index (χ3v) is 2.92. The number of nitro groups is 1. The highest BCUT2D eigenvalue weighted by Crippen LogP contribution is 2.34. The zero-order chi connectivity index (χ0) is 14.7. The Morgan fingerprint density at radius 1 is 1.25 bits per heavy atom. The molecule has 6 heteroatoms. The van der Waals surface area contributed by atoms with Gasteiger partial charge in [0.2, 0.25) is 0 Å². The number of rotatable bonds is 4. The first-order chi connectivity index (χ1) is 9.54. The van der Waals surface area contributed by atoms with E-state index < -0.39 is 10.9 Å². The number of benzene rings is 2. The average molecular weight is 272 g/mol. The van der Waals surface area contributed by atoms with E-state index in [9.17, 15) is 14.9 Å². The third kappa shape index (κ3) is 2.44. The minimum absolute atomic E-state index is 0.126. The number of aromatic carboxylic acids is 1. The van der Waals surface area contributed by atoms with E-state index in [-0.39, 0.29) is 11.3 Å². The molecule has 0 unspecified atom stereocenters. The van der Waals surface area contributed by atoms with Crippen molar-refractivity contribution >= 4 is 17.3 Å². The molecule has 0 aromatic heterocycles. The van der Waals surface area contributed by atoms with Gasteiger partial charge in [-0.3, -0.25) is 10.1 Å². The van der Waals surface area contributed by atoms with E-state index in [1.165, 1.54) is 6.07 Å². The molecule has 0 amide bonds. The van der Waals surface area contributed by atoms with Crippen molar-refractivity contribution in [1.29, 1.82) is 0 Å². The van der Waals surface area contributed by atoms with E-state index in [1.807, 2.05) is 0 Å². The molecule has 0 aliphatic rings. The van der Waals surface area contributed by atoms with Crippen LogP contribution in [-0.4, -0.2) is 23.0 Å². The predicted molar refractivity (Wildman–Crippen MR) is 75.0 cm³/mol. The van der Waals surface area contributed by atoms with Crippen molar-refractivity contribution in [1.82, 2.24) is 0 Å². The van der Waals surface area contributed by atoms with Gasteiger partial charge in [0.05, 0.1) is 16.1 Å². The number of carboxylic acids is 1. The van der Waals surface area contributed by atoms with Crippen LogP contribution < -0.4 is 5.32 Å². The van der Waals surface area contributed by atoms with E-state index in [0.29, 0.717) is 16.8 Å². The highest BCUT2D eigenvalue weighted by Gasteiger charge is 2.21. The third-order valence-electron chi connectivity index (χ3n) is 2.92. The molecule has 2 N–H and O–H groups in total. The van der Waals surface area contributed by atoms with Gasteiger partial charge in [-0.15, -0.1) is 0 Å². The Balaban J connectivity index is 2.73. The van der Waals surface area contributed by atoms with Crippen LogP contribution in [0.4, 0.5) is 11.4 Å². The molecule has 102 valence electrons. The fourth-order valence-electron chi connectivity index (χ4n) is 1.97. The van der Waals surface area contributed by atoms with Crippen LogP contribution in [0.3, 0.4) is 0 Å². The SMILES string of the molecule is CNc1cc(-c2ccccc2)c([N+](=O)[O-])cc1C(=O)O. The fraction of sp³-hybridized carbons (Fsp3) is 0.0714. The van der Waals surface area contributed by atoms with Crippen molar-refractivity contribution in [3.05, 3.63) is 58.1 Å². The van der Waals surface area contributed by atoms with Crippen molar-refractivity contribution in [2.45, 2.75) is 0 Å². The highest BCUT2D eigenvalue weighted by atomic mass is 16.6. The van der Waals surface area contributed by atoms with Gasteiger partial charge < -0.3 is 10.4 Å². The van der Waals surface area contributed by atoms with Crippen LogP contribution in [0.1, 0.15) is 10.4 Å². The van der Waals surface area contributed by atoms with Gasteiger partial charge in [0.15, 0.2) is 0 Å². The second-order valence-corrected chi connectivity index (χ2v) is 4.09. The lowest BCUT2D eigenvalue weighted by atomic mass is 10.00. The molecule has 0 saturated heterocycles. The summed E-state index contributed by atoms with van der Waals surface area (Å²) in [5.74, 6) is -1.21. The molecule has 0 atom stereocenters. The molecule has 2 aromatic rings. The highest BCUT2D eigenvalue weighted by molar-refractivity contribution is 5.97. The Kier molecular flexibility index (Phi) is 3.65. The lowest BCUT2D eigenvalue weighted by Gasteiger charge is -2.10. The van der Waals surface area contributed by atoms with Gasteiger partial charge in [-0.25, -0.2) is 4.79 Å².